The van der Waals surface area contributed by atoms with Crippen LogP contribution in [0.1, 0.15) is 96.6 Å². The molecule has 0 radical (unpaired) electrons. The summed E-state index contributed by atoms with van der Waals surface area (Å²) in [6.07, 6.45) is 12.8. The standard InChI is InChI=1S/C34H50N2O3S.BrH/c1-7-9-10-12-25(3)26(4)27-22-30(38-32(37)13-11-16-35-18-20-40-21-19-35)33-28-24-36(15-8-2)17-14-29(28)34(5,6)39-31(33)23-27;/h2,22-23,25-26H,7,9-21,24H2,1,3-6H3;1H. The average molecular weight is 648 g/mol. The van der Waals surface area contributed by atoms with Crippen molar-refractivity contribution in [3.63, 3.8) is 0 Å². The van der Waals surface area contributed by atoms with Gasteiger partial charge in [-0.05, 0) is 73.9 Å². The highest BCUT2D eigenvalue weighted by Crippen LogP contribution is 2.49. The van der Waals surface area contributed by atoms with Crippen LogP contribution in [-0.2, 0) is 4.79 Å². The Morgan fingerprint density at radius 3 is 2.61 bits per heavy atom. The van der Waals surface area contributed by atoms with E-state index < -0.39 is 5.60 Å². The van der Waals surface area contributed by atoms with Crippen molar-refractivity contribution < 1.29 is 14.3 Å². The van der Waals surface area contributed by atoms with Gasteiger partial charge in [0.25, 0.3) is 0 Å². The van der Waals surface area contributed by atoms with E-state index in [4.69, 9.17) is 15.9 Å². The third-order valence-electron chi connectivity index (χ3n) is 9.05. The van der Waals surface area contributed by atoms with Crippen LogP contribution in [0.4, 0.5) is 0 Å². The summed E-state index contributed by atoms with van der Waals surface area (Å²) in [7, 11) is 0. The number of benzene rings is 1. The molecule has 3 aliphatic heterocycles. The Hall–Kier alpha value is -1.46. The molecule has 3 aliphatic rings. The minimum Gasteiger partial charge on any atom is -0.483 e. The summed E-state index contributed by atoms with van der Waals surface area (Å²) in [6.45, 7) is 16.7. The van der Waals surface area contributed by atoms with Crippen LogP contribution in [0.15, 0.2) is 17.7 Å². The van der Waals surface area contributed by atoms with Gasteiger partial charge in [-0.3, -0.25) is 9.69 Å². The van der Waals surface area contributed by atoms with E-state index in [1.165, 1.54) is 53.9 Å². The molecule has 3 heterocycles. The molecule has 1 aromatic rings. The van der Waals surface area contributed by atoms with Gasteiger partial charge in [-0.15, -0.1) is 23.4 Å². The first-order chi connectivity index (χ1) is 19.2. The minimum absolute atomic E-state index is 0. The van der Waals surface area contributed by atoms with E-state index in [9.17, 15) is 4.79 Å². The lowest BCUT2D eigenvalue weighted by atomic mass is 9.79. The molecule has 0 amide bonds. The second-order valence-electron chi connectivity index (χ2n) is 12.4. The maximum atomic E-state index is 13.2. The van der Waals surface area contributed by atoms with Crippen LogP contribution in [0.5, 0.6) is 11.5 Å². The van der Waals surface area contributed by atoms with Crippen molar-refractivity contribution >= 4 is 40.3 Å². The number of hydrogen-bond donors (Lipinski definition) is 0. The van der Waals surface area contributed by atoms with Gasteiger partial charge in [0, 0.05) is 44.1 Å². The molecule has 2 atom stereocenters. The zero-order valence-corrected chi connectivity index (χ0v) is 28.5. The molecule has 7 heteroatoms. The fourth-order valence-electron chi connectivity index (χ4n) is 6.39. The summed E-state index contributed by atoms with van der Waals surface area (Å²) < 4.78 is 13.0. The third kappa shape index (κ3) is 8.78. The van der Waals surface area contributed by atoms with Crippen LogP contribution in [0.2, 0.25) is 0 Å². The number of esters is 1. The largest absolute Gasteiger partial charge is 0.483 e. The summed E-state index contributed by atoms with van der Waals surface area (Å²) in [5, 5.41) is 0. The normalized spacial score (nSPS) is 20.1. The summed E-state index contributed by atoms with van der Waals surface area (Å²) in [6, 6.07) is 4.35. The van der Waals surface area contributed by atoms with Crippen LogP contribution in [0.25, 0.3) is 5.57 Å². The highest BCUT2D eigenvalue weighted by molar-refractivity contribution is 8.93. The first-order valence-corrected chi connectivity index (χ1v) is 16.6. The Bertz CT molecular complexity index is 1110. The molecular formula is C34H51BrN2O3S. The van der Waals surface area contributed by atoms with Crippen molar-refractivity contribution in [2.24, 2.45) is 5.92 Å². The minimum atomic E-state index is -0.410. The summed E-state index contributed by atoms with van der Waals surface area (Å²) in [4.78, 5) is 18.0. The SMILES string of the molecule is Br.C#CCN1CCC2=C(C1)c1c(OC(=O)CCCN3CCSCC3)cc(C(C)C(C)CCCCC)cc1OC2(C)C. The molecule has 1 saturated heterocycles. The lowest BCUT2D eigenvalue weighted by Crippen LogP contribution is -2.42. The van der Waals surface area contributed by atoms with E-state index >= 15 is 0 Å². The smallest absolute Gasteiger partial charge is 0.311 e. The fourth-order valence-corrected chi connectivity index (χ4v) is 7.36. The Morgan fingerprint density at radius 1 is 1.15 bits per heavy atom. The number of fused-ring (bicyclic) bond motifs is 2. The van der Waals surface area contributed by atoms with Crippen molar-refractivity contribution in [2.45, 2.75) is 91.1 Å². The zero-order valence-electron chi connectivity index (χ0n) is 25.9. The number of carbonyl (C=O) groups excluding carboxylic acids is 1. The van der Waals surface area contributed by atoms with Gasteiger partial charge >= 0.3 is 5.97 Å². The molecule has 1 aromatic carbocycles. The number of unbranched alkanes of at least 4 members (excludes halogenated alkanes) is 2. The Morgan fingerprint density at radius 2 is 1.90 bits per heavy atom. The molecule has 4 rings (SSSR count). The lowest BCUT2D eigenvalue weighted by molar-refractivity contribution is -0.134. The number of hydrogen-bond acceptors (Lipinski definition) is 6. The van der Waals surface area contributed by atoms with Gasteiger partial charge in [0.2, 0.25) is 0 Å². The quantitative estimate of drug-likeness (QED) is 0.101. The maximum Gasteiger partial charge on any atom is 0.311 e. The predicted octanol–water partition coefficient (Wildman–Crippen LogP) is 7.58. The first kappa shape index (κ1) is 34.0. The highest BCUT2D eigenvalue weighted by atomic mass is 79.9. The zero-order chi connectivity index (χ0) is 28.7. The molecule has 0 aromatic heterocycles. The van der Waals surface area contributed by atoms with Crippen LogP contribution in [0, 0.1) is 18.3 Å². The molecule has 228 valence electrons. The number of carbonyl (C=O) groups is 1. The number of rotatable bonds is 12. The Labute approximate surface area is 263 Å². The van der Waals surface area contributed by atoms with Gasteiger partial charge in [-0.2, -0.15) is 11.8 Å². The number of ether oxygens (including phenoxy) is 2. The molecule has 5 nitrogen and oxygen atoms in total. The first-order valence-electron chi connectivity index (χ1n) is 15.5. The van der Waals surface area contributed by atoms with Crippen LogP contribution >= 0.6 is 28.7 Å². The number of thioether (sulfide) groups is 1. The van der Waals surface area contributed by atoms with E-state index in [2.05, 4.69) is 62.5 Å². The van der Waals surface area contributed by atoms with Gasteiger partial charge in [0.1, 0.15) is 17.1 Å². The van der Waals surface area contributed by atoms with Crippen molar-refractivity contribution in [1.29, 1.82) is 0 Å². The van der Waals surface area contributed by atoms with E-state index in [1.54, 1.807) is 0 Å². The molecule has 0 spiro atoms. The summed E-state index contributed by atoms with van der Waals surface area (Å²) >= 11 is 2.01. The van der Waals surface area contributed by atoms with Crippen LogP contribution in [0.3, 0.4) is 0 Å². The topological polar surface area (TPSA) is 42.0 Å². The number of terminal acetylenes is 1. The second-order valence-corrected chi connectivity index (χ2v) is 13.6. The molecular weight excluding hydrogens is 596 g/mol. The van der Waals surface area contributed by atoms with Crippen molar-refractivity contribution in [2.75, 3.05) is 50.8 Å². The summed E-state index contributed by atoms with van der Waals surface area (Å²) in [5.41, 5.74) is 4.24. The average Bonchev–Trinajstić information content (AvgIpc) is 2.92. The van der Waals surface area contributed by atoms with Crippen LogP contribution < -0.4 is 9.47 Å². The lowest BCUT2D eigenvalue weighted by Gasteiger charge is -2.42. The Kier molecular flexibility index (Phi) is 13.2. The molecule has 0 N–H and O–H groups in total. The van der Waals surface area contributed by atoms with Gasteiger partial charge in [0.15, 0.2) is 0 Å². The molecule has 2 unspecified atom stereocenters. The molecule has 0 aliphatic carbocycles. The van der Waals surface area contributed by atoms with Crippen molar-refractivity contribution in [3.05, 3.63) is 28.8 Å². The van der Waals surface area contributed by atoms with Crippen LogP contribution in [-0.4, -0.2) is 72.1 Å². The van der Waals surface area contributed by atoms with E-state index in [-0.39, 0.29) is 23.0 Å². The van der Waals surface area contributed by atoms with Gasteiger partial charge < -0.3 is 14.4 Å². The van der Waals surface area contributed by atoms with E-state index in [0.717, 1.165) is 56.9 Å². The van der Waals surface area contributed by atoms with Crippen molar-refractivity contribution in [1.82, 2.24) is 9.80 Å². The summed E-state index contributed by atoms with van der Waals surface area (Å²) in [5.74, 6) is 7.39. The van der Waals surface area contributed by atoms with E-state index in [1.807, 2.05) is 11.8 Å². The molecule has 41 heavy (non-hydrogen) atoms. The van der Waals surface area contributed by atoms with E-state index in [0.29, 0.717) is 30.6 Å². The van der Waals surface area contributed by atoms with Gasteiger partial charge in [-0.25, -0.2) is 0 Å². The fraction of sp³-hybridized carbons (Fsp3) is 0.676. The predicted molar refractivity (Wildman–Crippen MR) is 179 cm³/mol. The number of nitrogens with zero attached hydrogens (tertiary/aromatic N) is 2. The monoisotopic (exact) mass is 646 g/mol. The third-order valence-corrected chi connectivity index (χ3v) is 9.99. The Balaban J connectivity index is 0.00000462. The van der Waals surface area contributed by atoms with Gasteiger partial charge in [-0.1, -0.05) is 52.4 Å². The van der Waals surface area contributed by atoms with Crippen molar-refractivity contribution in [3.8, 4) is 23.8 Å². The molecule has 1 fully saturated rings. The maximum absolute atomic E-state index is 13.2. The van der Waals surface area contributed by atoms with Gasteiger partial charge in [0.05, 0.1) is 12.1 Å². The molecule has 0 bridgehead atoms. The number of halogens is 1. The second kappa shape index (κ2) is 15.8. The highest BCUT2D eigenvalue weighted by Gasteiger charge is 2.39. The molecule has 0 saturated carbocycles.